The molecule has 0 N–H and O–H groups in total. The van der Waals surface area contributed by atoms with E-state index in [1.54, 1.807) is 0 Å². The van der Waals surface area contributed by atoms with Gasteiger partial charge in [0.25, 0.3) is 0 Å². The van der Waals surface area contributed by atoms with E-state index in [2.05, 4.69) is 40.1 Å². The number of carbonyl (C=O) groups is 1. The van der Waals surface area contributed by atoms with E-state index in [0.29, 0.717) is 19.1 Å². The highest BCUT2D eigenvalue weighted by Gasteiger charge is 2.30. The van der Waals surface area contributed by atoms with Gasteiger partial charge in [-0.1, -0.05) is 30.3 Å². The van der Waals surface area contributed by atoms with Crippen molar-refractivity contribution in [3.63, 3.8) is 0 Å². The van der Waals surface area contributed by atoms with E-state index >= 15 is 0 Å². The minimum Gasteiger partial charge on any atom is -0.378 e. The van der Waals surface area contributed by atoms with Crippen LogP contribution >= 0.6 is 0 Å². The second-order valence-corrected chi connectivity index (χ2v) is 8.67. The molecule has 1 atom stereocenters. The monoisotopic (exact) mass is 385 g/mol. The predicted molar refractivity (Wildman–Crippen MR) is 111 cm³/mol. The number of amides is 1. The van der Waals surface area contributed by atoms with Crippen molar-refractivity contribution in [1.82, 2.24) is 14.7 Å². The average Bonchev–Trinajstić information content (AvgIpc) is 3.22. The molecule has 1 amide bonds. The molecule has 3 heterocycles. The van der Waals surface area contributed by atoms with Crippen molar-refractivity contribution in [1.29, 1.82) is 0 Å². The van der Waals surface area contributed by atoms with Crippen LogP contribution in [0.3, 0.4) is 0 Å². The highest BCUT2D eigenvalue weighted by molar-refractivity contribution is 5.76. The summed E-state index contributed by atoms with van der Waals surface area (Å²) in [5.41, 5.74) is 1.42. The molecule has 0 aromatic heterocycles. The zero-order valence-electron chi connectivity index (χ0n) is 17.1. The van der Waals surface area contributed by atoms with E-state index in [1.807, 2.05) is 4.90 Å². The van der Waals surface area contributed by atoms with Crippen LogP contribution in [0.15, 0.2) is 30.3 Å². The Bertz CT molecular complexity index is 610. The van der Waals surface area contributed by atoms with Crippen LogP contribution in [0.5, 0.6) is 0 Å². The van der Waals surface area contributed by atoms with E-state index in [-0.39, 0.29) is 0 Å². The first-order valence-corrected chi connectivity index (χ1v) is 11.1. The van der Waals surface area contributed by atoms with Gasteiger partial charge in [-0.15, -0.1) is 0 Å². The molecule has 0 saturated carbocycles. The summed E-state index contributed by atoms with van der Waals surface area (Å²) in [7, 11) is 0. The lowest BCUT2D eigenvalue weighted by molar-refractivity contribution is -0.135. The fraction of sp³-hybridized carbons (Fsp3) is 0.696. The normalized spacial score (nSPS) is 25.3. The molecule has 0 bridgehead atoms. The molecule has 3 fully saturated rings. The lowest BCUT2D eigenvalue weighted by atomic mass is 9.91. The number of carbonyl (C=O) groups excluding carboxylic acids is 1. The fourth-order valence-electron chi connectivity index (χ4n) is 5.00. The SMILES string of the molecule is O=C(CCC1CCN(C2CCN(Cc3ccccc3)C2)CC1)N1CCOCC1. The number of piperidine rings is 1. The van der Waals surface area contributed by atoms with Gasteiger partial charge in [0.2, 0.25) is 5.91 Å². The lowest BCUT2D eigenvalue weighted by Gasteiger charge is -2.36. The lowest BCUT2D eigenvalue weighted by Crippen LogP contribution is -2.43. The Morgan fingerprint density at radius 1 is 0.964 bits per heavy atom. The van der Waals surface area contributed by atoms with Crippen molar-refractivity contribution < 1.29 is 9.53 Å². The summed E-state index contributed by atoms with van der Waals surface area (Å²) in [5.74, 6) is 1.06. The van der Waals surface area contributed by atoms with Crippen LogP contribution in [-0.4, -0.2) is 79.1 Å². The largest absolute Gasteiger partial charge is 0.378 e. The molecular weight excluding hydrogens is 350 g/mol. The van der Waals surface area contributed by atoms with Gasteiger partial charge >= 0.3 is 0 Å². The van der Waals surface area contributed by atoms with Gasteiger partial charge in [0.05, 0.1) is 13.2 Å². The number of hydrogen-bond donors (Lipinski definition) is 0. The van der Waals surface area contributed by atoms with Crippen molar-refractivity contribution >= 4 is 5.91 Å². The van der Waals surface area contributed by atoms with Crippen molar-refractivity contribution in [2.75, 3.05) is 52.5 Å². The Labute approximate surface area is 169 Å². The van der Waals surface area contributed by atoms with E-state index in [9.17, 15) is 4.79 Å². The highest BCUT2D eigenvalue weighted by atomic mass is 16.5. The van der Waals surface area contributed by atoms with Gasteiger partial charge in [-0.3, -0.25) is 14.6 Å². The van der Waals surface area contributed by atoms with Crippen LogP contribution in [0.25, 0.3) is 0 Å². The number of benzene rings is 1. The number of rotatable bonds is 6. The standard InChI is InChI=1S/C23H35N3O2/c27-23(26-14-16-28-17-15-26)7-6-20-8-12-25(13-9-20)22-10-11-24(19-22)18-21-4-2-1-3-5-21/h1-5,20,22H,6-19H2. The van der Waals surface area contributed by atoms with Gasteiger partial charge in [-0.25, -0.2) is 0 Å². The van der Waals surface area contributed by atoms with Gasteiger partial charge in [-0.2, -0.15) is 0 Å². The molecule has 0 aliphatic carbocycles. The maximum absolute atomic E-state index is 12.4. The third kappa shape index (κ3) is 5.34. The summed E-state index contributed by atoms with van der Waals surface area (Å²) in [6.07, 6.45) is 5.60. The Morgan fingerprint density at radius 3 is 2.46 bits per heavy atom. The molecule has 3 aliphatic rings. The predicted octanol–water partition coefficient (Wildman–Crippen LogP) is 2.61. The zero-order chi connectivity index (χ0) is 19.2. The van der Waals surface area contributed by atoms with Crippen LogP contribution < -0.4 is 0 Å². The molecule has 0 spiro atoms. The number of ether oxygens (including phenoxy) is 1. The van der Waals surface area contributed by atoms with E-state index in [1.165, 1.54) is 51.0 Å². The Kier molecular flexibility index (Phi) is 7.00. The number of nitrogens with zero attached hydrogens (tertiary/aromatic N) is 3. The van der Waals surface area contributed by atoms with Gasteiger partial charge in [-0.05, 0) is 50.3 Å². The van der Waals surface area contributed by atoms with Gasteiger partial charge in [0.15, 0.2) is 0 Å². The molecule has 4 rings (SSSR count). The van der Waals surface area contributed by atoms with E-state index < -0.39 is 0 Å². The molecule has 5 heteroatoms. The average molecular weight is 386 g/mol. The first kappa shape index (κ1) is 19.9. The zero-order valence-corrected chi connectivity index (χ0v) is 17.1. The second-order valence-electron chi connectivity index (χ2n) is 8.67. The van der Waals surface area contributed by atoms with Crippen LogP contribution in [0.2, 0.25) is 0 Å². The number of hydrogen-bond acceptors (Lipinski definition) is 4. The summed E-state index contributed by atoms with van der Waals surface area (Å²) in [5, 5.41) is 0. The quantitative estimate of drug-likeness (QED) is 0.754. The van der Waals surface area contributed by atoms with Crippen molar-refractivity contribution in [3.8, 4) is 0 Å². The van der Waals surface area contributed by atoms with E-state index in [4.69, 9.17) is 4.74 Å². The third-order valence-corrected chi connectivity index (χ3v) is 6.79. The summed E-state index contributed by atoms with van der Waals surface area (Å²) < 4.78 is 5.34. The summed E-state index contributed by atoms with van der Waals surface area (Å²) in [6.45, 7) is 8.87. The Morgan fingerprint density at radius 2 is 1.71 bits per heavy atom. The van der Waals surface area contributed by atoms with Crippen molar-refractivity contribution in [3.05, 3.63) is 35.9 Å². The fourth-order valence-corrected chi connectivity index (χ4v) is 5.00. The van der Waals surface area contributed by atoms with E-state index in [0.717, 1.165) is 44.4 Å². The van der Waals surface area contributed by atoms with Crippen molar-refractivity contribution in [2.45, 2.75) is 44.7 Å². The molecule has 3 saturated heterocycles. The molecule has 0 radical (unpaired) electrons. The molecule has 1 aromatic rings. The second kappa shape index (κ2) is 9.86. The van der Waals surface area contributed by atoms with Crippen molar-refractivity contribution in [2.24, 2.45) is 5.92 Å². The number of likely N-dealkylation sites (tertiary alicyclic amines) is 2. The maximum atomic E-state index is 12.4. The van der Waals surface area contributed by atoms with Crippen LogP contribution in [0, 0.1) is 5.92 Å². The molecule has 1 unspecified atom stereocenters. The van der Waals surface area contributed by atoms with Crippen LogP contribution in [-0.2, 0) is 16.1 Å². The van der Waals surface area contributed by atoms with Gasteiger partial charge < -0.3 is 9.64 Å². The smallest absolute Gasteiger partial charge is 0.222 e. The molecular formula is C23H35N3O2. The van der Waals surface area contributed by atoms with Gasteiger partial charge in [0, 0.05) is 45.2 Å². The minimum atomic E-state index is 0.332. The molecule has 154 valence electrons. The molecule has 5 nitrogen and oxygen atoms in total. The first-order valence-electron chi connectivity index (χ1n) is 11.1. The summed E-state index contributed by atoms with van der Waals surface area (Å²) >= 11 is 0. The van der Waals surface area contributed by atoms with Crippen LogP contribution in [0.4, 0.5) is 0 Å². The molecule has 3 aliphatic heterocycles. The highest BCUT2D eigenvalue weighted by Crippen LogP contribution is 2.27. The number of morpholine rings is 1. The minimum absolute atomic E-state index is 0.332. The van der Waals surface area contributed by atoms with Crippen LogP contribution in [0.1, 0.15) is 37.7 Å². The summed E-state index contributed by atoms with van der Waals surface area (Å²) in [4.78, 5) is 19.7. The Balaban J connectivity index is 1.15. The van der Waals surface area contributed by atoms with Gasteiger partial charge in [0.1, 0.15) is 0 Å². The summed E-state index contributed by atoms with van der Waals surface area (Å²) in [6, 6.07) is 11.6. The molecule has 1 aromatic carbocycles. The molecule has 28 heavy (non-hydrogen) atoms. The Hall–Kier alpha value is -1.43. The first-order chi connectivity index (χ1) is 13.8. The topological polar surface area (TPSA) is 36.0 Å². The maximum Gasteiger partial charge on any atom is 0.222 e. The third-order valence-electron chi connectivity index (χ3n) is 6.79.